The maximum atomic E-state index is 13.4. The molecule has 1 heterocycles. The number of aromatic nitrogens is 1. The lowest BCUT2D eigenvalue weighted by molar-refractivity contribution is 0.443. The van der Waals surface area contributed by atoms with E-state index in [1.807, 2.05) is 24.3 Å². The molecule has 0 amide bonds. The van der Waals surface area contributed by atoms with E-state index in [1.165, 1.54) is 0 Å². The third kappa shape index (κ3) is 4.51. The molecule has 3 rings (SSSR count). The predicted octanol–water partition coefficient (Wildman–Crippen LogP) is 6.20. The molecule has 0 fully saturated rings. The fourth-order valence-corrected chi connectivity index (χ4v) is 2.90. The van der Waals surface area contributed by atoms with Gasteiger partial charge in [0.05, 0.1) is 10.5 Å². The number of anilines is 2. The number of hydrogen-bond acceptors (Lipinski definition) is 3. The zero-order valence-electron chi connectivity index (χ0n) is 14.8. The van der Waals surface area contributed by atoms with Crippen LogP contribution < -0.4 is 10.6 Å². The fraction of sp³-hybridized carbons (Fsp3) is 0.350. The van der Waals surface area contributed by atoms with E-state index < -0.39 is 0 Å². The Labute approximate surface area is 153 Å². The van der Waals surface area contributed by atoms with Gasteiger partial charge in [0.25, 0.3) is 0 Å². The summed E-state index contributed by atoms with van der Waals surface area (Å²) in [5.41, 5.74) is 2.98. The number of benzene rings is 1. The number of rotatable bonds is 4. The lowest BCUT2D eigenvalue weighted by Gasteiger charge is -2.21. The van der Waals surface area contributed by atoms with Crippen LogP contribution in [0.15, 0.2) is 53.0 Å². The summed E-state index contributed by atoms with van der Waals surface area (Å²) >= 11 is 5.91. The quantitative estimate of drug-likeness (QED) is 0.682. The molecule has 1 aromatic heterocycles. The highest BCUT2D eigenvalue weighted by Gasteiger charge is 2.15. The average molecular weight is 360 g/mol. The van der Waals surface area contributed by atoms with Gasteiger partial charge in [-0.3, -0.25) is 0 Å². The molecule has 3 nitrogen and oxygen atoms in total. The molecule has 0 saturated carbocycles. The molecule has 0 unspecified atom stereocenters. The van der Waals surface area contributed by atoms with Gasteiger partial charge >= 0.3 is 0 Å². The second-order valence-corrected chi connectivity index (χ2v) is 7.94. The maximum absolute atomic E-state index is 13.4. The molecule has 1 aliphatic rings. The Bertz CT molecular complexity index is 850. The van der Waals surface area contributed by atoms with E-state index in [2.05, 4.69) is 42.5 Å². The first-order chi connectivity index (χ1) is 11.8. The van der Waals surface area contributed by atoms with E-state index in [0.717, 1.165) is 34.6 Å². The molecule has 0 aliphatic heterocycles. The van der Waals surface area contributed by atoms with Gasteiger partial charge < -0.3 is 10.6 Å². The van der Waals surface area contributed by atoms with Crippen LogP contribution in [0.25, 0.3) is 10.9 Å². The zero-order valence-corrected chi connectivity index (χ0v) is 15.5. The van der Waals surface area contributed by atoms with Crippen molar-refractivity contribution in [1.82, 2.24) is 4.98 Å². The van der Waals surface area contributed by atoms with Crippen molar-refractivity contribution in [3.63, 3.8) is 0 Å². The summed E-state index contributed by atoms with van der Waals surface area (Å²) in [6.45, 7) is 7.43. The first-order valence-corrected chi connectivity index (χ1v) is 8.85. The highest BCUT2D eigenvalue weighted by atomic mass is 35.5. The smallest absolute Gasteiger partial charge is 0.132 e. The second-order valence-electron chi connectivity index (χ2n) is 7.53. The normalized spacial score (nSPS) is 15.3. The van der Waals surface area contributed by atoms with E-state index in [9.17, 15) is 4.39 Å². The number of hydrogen-bond donors (Lipinski definition) is 2. The summed E-state index contributed by atoms with van der Waals surface area (Å²) in [6, 6.07) is 10.0. The molecule has 0 radical (unpaired) electrons. The van der Waals surface area contributed by atoms with Crippen molar-refractivity contribution in [3.8, 4) is 0 Å². The summed E-state index contributed by atoms with van der Waals surface area (Å²) in [4.78, 5) is 4.67. The third-order valence-electron chi connectivity index (χ3n) is 3.99. The molecule has 0 bridgehead atoms. The highest BCUT2D eigenvalue weighted by Crippen LogP contribution is 2.30. The second kappa shape index (κ2) is 7.04. The molecule has 25 heavy (non-hydrogen) atoms. The molecule has 0 saturated heterocycles. The van der Waals surface area contributed by atoms with Gasteiger partial charge in [0.2, 0.25) is 0 Å². The van der Waals surface area contributed by atoms with Crippen molar-refractivity contribution in [2.75, 3.05) is 17.2 Å². The number of nitrogens with zero attached hydrogens (tertiary/aromatic N) is 1. The van der Waals surface area contributed by atoms with Crippen LogP contribution in [-0.2, 0) is 0 Å². The van der Waals surface area contributed by atoms with Crippen molar-refractivity contribution in [3.05, 3.63) is 53.0 Å². The molecular formula is C20H23ClFN3. The third-order valence-corrected chi connectivity index (χ3v) is 4.30. The van der Waals surface area contributed by atoms with E-state index in [4.69, 9.17) is 11.6 Å². The molecular weight excluding hydrogens is 337 g/mol. The minimum Gasteiger partial charge on any atom is -0.384 e. The fourth-order valence-electron chi connectivity index (χ4n) is 2.68. The summed E-state index contributed by atoms with van der Waals surface area (Å²) in [5, 5.41) is 8.06. The SMILES string of the molecule is CC(C)(C)CNc1cc(NC2=CC(Cl)=C(F)CC2)nc2ccccc12. The Morgan fingerprint density at radius 1 is 1.20 bits per heavy atom. The molecule has 1 aromatic carbocycles. The standard InChI is InChI=1S/C20H23ClFN3/c1-20(2,3)12-23-18-11-19(25-17-7-5-4-6-14(17)18)24-13-8-9-16(22)15(21)10-13/h4-7,10-11H,8-9,12H2,1-3H3,(H2,23,24,25). The first kappa shape index (κ1) is 17.7. The molecule has 1 aliphatic carbocycles. The maximum Gasteiger partial charge on any atom is 0.132 e. The van der Waals surface area contributed by atoms with Crippen molar-refractivity contribution in [1.29, 1.82) is 0 Å². The van der Waals surface area contributed by atoms with Crippen molar-refractivity contribution >= 4 is 34.0 Å². The van der Waals surface area contributed by atoms with Gasteiger partial charge in [-0.25, -0.2) is 9.37 Å². The zero-order chi connectivity index (χ0) is 18.0. The van der Waals surface area contributed by atoms with Crippen LogP contribution >= 0.6 is 11.6 Å². The van der Waals surface area contributed by atoms with Crippen LogP contribution in [-0.4, -0.2) is 11.5 Å². The largest absolute Gasteiger partial charge is 0.384 e. The first-order valence-electron chi connectivity index (χ1n) is 8.47. The number of pyridine rings is 1. The minimum absolute atomic E-state index is 0.166. The van der Waals surface area contributed by atoms with Gasteiger partial charge in [-0.1, -0.05) is 50.6 Å². The number of allylic oxidation sites excluding steroid dienone is 4. The van der Waals surface area contributed by atoms with E-state index in [1.54, 1.807) is 6.08 Å². The number of fused-ring (bicyclic) bond motifs is 1. The van der Waals surface area contributed by atoms with Crippen LogP contribution in [0.4, 0.5) is 15.9 Å². The summed E-state index contributed by atoms with van der Waals surface area (Å²) in [5.74, 6) is 0.472. The van der Waals surface area contributed by atoms with Crippen molar-refractivity contribution in [2.45, 2.75) is 33.6 Å². The molecule has 2 aromatic rings. The average Bonchev–Trinajstić information content (AvgIpc) is 2.55. The lowest BCUT2D eigenvalue weighted by atomic mass is 9.97. The van der Waals surface area contributed by atoms with Gasteiger partial charge in [0.1, 0.15) is 11.6 Å². The Hall–Kier alpha value is -2.07. The van der Waals surface area contributed by atoms with Gasteiger partial charge in [-0.05, 0) is 24.0 Å². The molecule has 132 valence electrons. The number of halogens is 2. The summed E-state index contributed by atoms with van der Waals surface area (Å²) in [6.07, 6.45) is 2.54. The lowest BCUT2D eigenvalue weighted by Crippen LogP contribution is -2.19. The van der Waals surface area contributed by atoms with E-state index in [-0.39, 0.29) is 16.3 Å². The van der Waals surface area contributed by atoms with Crippen molar-refractivity contribution < 1.29 is 4.39 Å². The molecule has 0 spiro atoms. The molecule has 2 N–H and O–H groups in total. The molecule has 0 atom stereocenters. The summed E-state index contributed by atoms with van der Waals surface area (Å²) in [7, 11) is 0. The molecule has 5 heteroatoms. The Kier molecular flexibility index (Phi) is 5.00. The summed E-state index contributed by atoms with van der Waals surface area (Å²) < 4.78 is 13.4. The highest BCUT2D eigenvalue weighted by molar-refractivity contribution is 6.31. The van der Waals surface area contributed by atoms with Gasteiger partial charge in [-0.2, -0.15) is 0 Å². The van der Waals surface area contributed by atoms with Crippen molar-refractivity contribution in [2.24, 2.45) is 5.41 Å². The number of para-hydroxylation sites is 1. The van der Waals surface area contributed by atoms with Gasteiger partial charge in [0.15, 0.2) is 0 Å². The Balaban J connectivity index is 1.92. The monoisotopic (exact) mass is 359 g/mol. The van der Waals surface area contributed by atoms with Crippen LogP contribution in [0.1, 0.15) is 33.6 Å². The number of nitrogens with one attached hydrogen (secondary N) is 2. The topological polar surface area (TPSA) is 37.0 Å². The van der Waals surface area contributed by atoms with E-state index in [0.29, 0.717) is 12.8 Å². The minimum atomic E-state index is -0.258. The van der Waals surface area contributed by atoms with Crippen LogP contribution in [0.2, 0.25) is 0 Å². The van der Waals surface area contributed by atoms with Crippen LogP contribution in [0.3, 0.4) is 0 Å². The Morgan fingerprint density at radius 3 is 2.68 bits per heavy atom. The van der Waals surface area contributed by atoms with Gasteiger partial charge in [0, 0.05) is 35.8 Å². The Morgan fingerprint density at radius 2 is 1.96 bits per heavy atom. The van der Waals surface area contributed by atoms with E-state index >= 15 is 0 Å². The van der Waals surface area contributed by atoms with Crippen LogP contribution in [0.5, 0.6) is 0 Å². The predicted molar refractivity (Wildman–Crippen MR) is 105 cm³/mol. The van der Waals surface area contributed by atoms with Gasteiger partial charge in [-0.15, -0.1) is 0 Å². The van der Waals surface area contributed by atoms with Crippen LogP contribution in [0, 0.1) is 5.41 Å².